The number of hydrogen-bond donors (Lipinski definition) is 0. The summed E-state index contributed by atoms with van der Waals surface area (Å²) in [6.45, 7) is 5.12. The van der Waals surface area contributed by atoms with Gasteiger partial charge in [0.05, 0.1) is 19.0 Å². The van der Waals surface area contributed by atoms with Crippen LogP contribution in [0.5, 0.6) is 5.88 Å². The Balaban J connectivity index is 1.47. The molecule has 0 unspecified atom stereocenters. The maximum absolute atomic E-state index is 11.7. The Morgan fingerprint density at radius 2 is 1.29 bits per heavy atom. The molecule has 8 heteroatoms. The third kappa shape index (κ3) is 13.3. The average Bonchev–Trinajstić information content (AvgIpc) is 3.24. The first-order valence-corrected chi connectivity index (χ1v) is 16.2. The van der Waals surface area contributed by atoms with Crippen molar-refractivity contribution in [3.63, 3.8) is 0 Å². The van der Waals surface area contributed by atoms with Crippen molar-refractivity contribution in [2.45, 2.75) is 134 Å². The van der Waals surface area contributed by atoms with Crippen LogP contribution in [-0.2, 0) is 16.6 Å². The predicted octanol–water partition coefficient (Wildman–Crippen LogP) is 8.44. The number of fused-ring (bicyclic) bond motifs is 1. The van der Waals surface area contributed by atoms with Crippen LogP contribution in [0.1, 0.15) is 129 Å². The van der Waals surface area contributed by atoms with Gasteiger partial charge in [0.25, 0.3) is 0 Å². The Hall–Kier alpha value is -1.83. The zero-order chi connectivity index (χ0) is 27.3. The van der Waals surface area contributed by atoms with Gasteiger partial charge in [-0.25, -0.2) is 14.6 Å². The van der Waals surface area contributed by atoms with Crippen molar-refractivity contribution in [2.24, 2.45) is 7.05 Å². The normalized spacial score (nSPS) is 11.3. The summed E-state index contributed by atoms with van der Waals surface area (Å²) >= 11 is 1.31. The van der Waals surface area contributed by atoms with Gasteiger partial charge < -0.3 is 9.47 Å². The lowest BCUT2D eigenvalue weighted by Gasteiger charge is -2.06. The Labute approximate surface area is 235 Å². The number of nitrogens with zero attached hydrogens (tertiary/aromatic N) is 4. The van der Waals surface area contributed by atoms with Gasteiger partial charge in [0.15, 0.2) is 5.52 Å². The summed E-state index contributed by atoms with van der Waals surface area (Å²) in [5.41, 5.74) is 1.35. The standard InChI is InChI=1S/C30H52N4O3S/c1-4-6-7-8-9-10-11-12-13-14-15-16-17-18-19-20-21-22-23-37-30-28-27(33-34(30)3)29(32-25-31-28)38-24-26(35)36-5-2/h25H,4-24H2,1-3H3. The summed E-state index contributed by atoms with van der Waals surface area (Å²) in [4.78, 5) is 20.4. The fourth-order valence-electron chi connectivity index (χ4n) is 4.73. The fourth-order valence-corrected chi connectivity index (χ4v) is 5.46. The largest absolute Gasteiger partial charge is 0.476 e. The van der Waals surface area contributed by atoms with E-state index in [1.165, 1.54) is 127 Å². The molecular weight excluding hydrogens is 496 g/mol. The maximum atomic E-state index is 11.7. The number of esters is 1. The van der Waals surface area contributed by atoms with Crippen LogP contribution in [0.4, 0.5) is 0 Å². The van der Waals surface area contributed by atoms with Crippen LogP contribution in [0.15, 0.2) is 11.4 Å². The Kier molecular flexibility index (Phi) is 17.9. The molecule has 0 fully saturated rings. The van der Waals surface area contributed by atoms with Crippen molar-refractivity contribution < 1.29 is 14.3 Å². The molecule has 2 rings (SSSR count). The van der Waals surface area contributed by atoms with Gasteiger partial charge >= 0.3 is 5.97 Å². The number of aromatic nitrogens is 4. The highest BCUT2D eigenvalue weighted by Gasteiger charge is 2.17. The third-order valence-electron chi connectivity index (χ3n) is 6.90. The number of unbranched alkanes of at least 4 members (excludes halogenated alkanes) is 17. The highest BCUT2D eigenvalue weighted by Crippen LogP contribution is 2.29. The van der Waals surface area contributed by atoms with Crippen LogP contribution in [0.25, 0.3) is 11.0 Å². The zero-order valence-electron chi connectivity index (χ0n) is 24.3. The molecule has 2 heterocycles. The molecule has 0 aliphatic heterocycles. The minimum Gasteiger partial charge on any atom is -0.476 e. The first-order chi connectivity index (χ1) is 18.7. The van der Waals surface area contributed by atoms with E-state index in [0.29, 0.717) is 35.2 Å². The lowest BCUT2D eigenvalue weighted by atomic mass is 10.0. The quantitative estimate of drug-likeness (QED) is 0.0563. The Bertz CT molecular complexity index is 890. The van der Waals surface area contributed by atoms with Crippen molar-refractivity contribution >= 4 is 28.8 Å². The summed E-state index contributed by atoms with van der Waals surface area (Å²) in [5, 5.41) is 5.20. The van der Waals surface area contributed by atoms with Crippen LogP contribution in [0.2, 0.25) is 0 Å². The highest BCUT2D eigenvalue weighted by molar-refractivity contribution is 8.00. The number of ether oxygens (including phenoxy) is 2. The second-order valence-corrected chi connectivity index (χ2v) is 11.2. The monoisotopic (exact) mass is 548 g/mol. The first-order valence-electron chi connectivity index (χ1n) is 15.3. The lowest BCUT2D eigenvalue weighted by Crippen LogP contribution is -2.06. The van der Waals surface area contributed by atoms with Gasteiger partial charge in [-0.1, -0.05) is 128 Å². The predicted molar refractivity (Wildman–Crippen MR) is 158 cm³/mol. The van der Waals surface area contributed by atoms with E-state index < -0.39 is 0 Å². The number of thioether (sulfide) groups is 1. The van der Waals surface area contributed by atoms with E-state index in [2.05, 4.69) is 22.0 Å². The van der Waals surface area contributed by atoms with E-state index in [1.54, 1.807) is 11.6 Å². The minimum atomic E-state index is -0.259. The van der Waals surface area contributed by atoms with E-state index in [-0.39, 0.29) is 11.7 Å². The van der Waals surface area contributed by atoms with E-state index >= 15 is 0 Å². The van der Waals surface area contributed by atoms with Crippen molar-refractivity contribution in [1.29, 1.82) is 0 Å². The highest BCUT2D eigenvalue weighted by atomic mass is 32.2. The second-order valence-electron chi connectivity index (χ2n) is 10.3. The van der Waals surface area contributed by atoms with E-state index in [0.717, 1.165) is 6.42 Å². The molecule has 0 bridgehead atoms. The van der Waals surface area contributed by atoms with Gasteiger partial charge in [-0.15, -0.1) is 0 Å². The fraction of sp³-hybridized carbons (Fsp3) is 0.800. The molecule has 2 aromatic heterocycles. The van der Waals surface area contributed by atoms with E-state index in [4.69, 9.17) is 9.47 Å². The molecule has 0 radical (unpaired) electrons. The number of hydrogen-bond acceptors (Lipinski definition) is 7. The Morgan fingerprint density at radius 1 is 0.763 bits per heavy atom. The van der Waals surface area contributed by atoms with E-state index in [1.807, 2.05) is 7.05 Å². The molecule has 0 aromatic carbocycles. The average molecular weight is 549 g/mol. The SMILES string of the molecule is CCCCCCCCCCCCCCCCCCCCOc1c2ncnc(SCC(=O)OCC)c2nn1C. The zero-order valence-corrected chi connectivity index (χ0v) is 25.2. The molecule has 0 N–H and O–H groups in total. The van der Waals surface area contributed by atoms with Gasteiger partial charge in [-0.05, 0) is 13.3 Å². The van der Waals surface area contributed by atoms with Crippen molar-refractivity contribution in [3.8, 4) is 5.88 Å². The third-order valence-corrected chi connectivity index (χ3v) is 7.86. The van der Waals surface area contributed by atoms with Crippen LogP contribution < -0.4 is 4.74 Å². The number of carbonyl (C=O) groups excluding carboxylic acids is 1. The topological polar surface area (TPSA) is 79.1 Å². The number of rotatable bonds is 24. The molecule has 0 saturated heterocycles. The molecule has 38 heavy (non-hydrogen) atoms. The smallest absolute Gasteiger partial charge is 0.316 e. The van der Waals surface area contributed by atoms with E-state index in [9.17, 15) is 4.79 Å². The molecule has 0 aliphatic carbocycles. The summed E-state index contributed by atoms with van der Waals surface area (Å²) in [6, 6.07) is 0. The van der Waals surface area contributed by atoms with Crippen LogP contribution in [0, 0.1) is 0 Å². The van der Waals surface area contributed by atoms with Gasteiger partial charge in [0, 0.05) is 7.05 Å². The van der Waals surface area contributed by atoms with Crippen LogP contribution in [-0.4, -0.2) is 44.7 Å². The minimum absolute atomic E-state index is 0.200. The molecular formula is C30H52N4O3S. The van der Waals surface area contributed by atoms with Gasteiger partial charge in [-0.2, -0.15) is 5.10 Å². The number of aryl methyl sites for hydroxylation is 1. The summed E-state index contributed by atoms with van der Waals surface area (Å²) in [6.07, 6.45) is 26.1. The van der Waals surface area contributed by atoms with Crippen LogP contribution in [0.3, 0.4) is 0 Å². The van der Waals surface area contributed by atoms with Gasteiger partial charge in [-0.3, -0.25) is 4.79 Å². The van der Waals surface area contributed by atoms with Crippen LogP contribution >= 0.6 is 11.8 Å². The summed E-state index contributed by atoms with van der Waals surface area (Å²) in [5.74, 6) is 0.601. The van der Waals surface area contributed by atoms with Crippen molar-refractivity contribution in [3.05, 3.63) is 6.33 Å². The molecule has 0 atom stereocenters. The molecule has 2 aromatic rings. The van der Waals surface area contributed by atoms with Gasteiger partial charge in [0.2, 0.25) is 5.88 Å². The summed E-state index contributed by atoms with van der Waals surface area (Å²) in [7, 11) is 1.85. The molecule has 216 valence electrons. The first kappa shape index (κ1) is 32.4. The van der Waals surface area contributed by atoms with Crippen molar-refractivity contribution in [1.82, 2.24) is 19.7 Å². The van der Waals surface area contributed by atoms with Crippen molar-refractivity contribution in [2.75, 3.05) is 19.0 Å². The molecule has 0 spiro atoms. The number of carbonyl (C=O) groups is 1. The maximum Gasteiger partial charge on any atom is 0.316 e. The van der Waals surface area contributed by atoms with Gasteiger partial charge in [0.1, 0.15) is 16.9 Å². The molecule has 0 amide bonds. The molecule has 0 aliphatic rings. The lowest BCUT2D eigenvalue weighted by molar-refractivity contribution is -0.139. The molecule has 0 saturated carbocycles. The Morgan fingerprint density at radius 3 is 1.82 bits per heavy atom. The molecule has 7 nitrogen and oxygen atoms in total. The second kappa shape index (κ2) is 21.0. The summed E-state index contributed by atoms with van der Waals surface area (Å²) < 4.78 is 12.8.